The second-order valence-electron chi connectivity index (χ2n) is 3.94. The average molecular weight is 190 g/mol. The minimum absolute atomic E-state index is 0.597. The molecule has 0 saturated carbocycles. The van der Waals surface area contributed by atoms with E-state index in [1.165, 1.54) is 12.1 Å². The standard InChI is InChI=1S/C12H18N2/c1-11-10-13-8-5-9-14(11)12-6-3-2-4-7-12/h2-4,6-7,11,13H,5,8-10H2,1H3. The molecule has 1 saturated heterocycles. The van der Waals surface area contributed by atoms with E-state index in [4.69, 9.17) is 0 Å². The number of hydrogen-bond acceptors (Lipinski definition) is 2. The summed E-state index contributed by atoms with van der Waals surface area (Å²) in [7, 11) is 0. The molecule has 0 aromatic heterocycles. The van der Waals surface area contributed by atoms with Crippen molar-refractivity contribution in [3.63, 3.8) is 0 Å². The molecule has 1 aliphatic rings. The Bertz CT molecular complexity index is 271. The second-order valence-corrected chi connectivity index (χ2v) is 3.94. The minimum atomic E-state index is 0.597. The Kier molecular flexibility index (Phi) is 3.04. The van der Waals surface area contributed by atoms with Crippen LogP contribution in [-0.2, 0) is 0 Å². The summed E-state index contributed by atoms with van der Waals surface area (Å²) in [6.45, 7) is 5.69. The second kappa shape index (κ2) is 4.47. The summed E-state index contributed by atoms with van der Waals surface area (Å²) >= 11 is 0. The molecule has 2 heteroatoms. The summed E-state index contributed by atoms with van der Waals surface area (Å²) in [4.78, 5) is 2.49. The van der Waals surface area contributed by atoms with E-state index in [9.17, 15) is 0 Å². The molecule has 2 rings (SSSR count). The van der Waals surface area contributed by atoms with Crippen molar-refractivity contribution in [1.82, 2.24) is 5.32 Å². The Morgan fingerprint density at radius 1 is 1.29 bits per heavy atom. The zero-order valence-electron chi connectivity index (χ0n) is 8.74. The number of nitrogens with one attached hydrogen (secondary N) is 1. The van der Waals surface area contributed by atoms with Gasteiger partial charge in [-0.1, -0.05) is 18.2 Å². The lowest BCUT2D eigenvalue weighted by Gasteiger charge is -2.29. The molecule has 0 amide bonds. The van der Waals surface area contributed by atoms with E-state index in [1.807, 2.05) is 0 Å². The van der Waals surface area contributed by atoms with Gasteiger partial charge in [-0.05, 0) is 32.0 Å². The van der Waals surface area contributed by atoms with Gasteiger partial charge in [0.25, 0.3) is 0 Å². The summed E-state index contributed by atoms with van der Waals surface area (Å²) in [6.07, 6.45) is 1.24. The highest BCUT2D eigenvalue weighted by atomic mass is 15.2. The fourth-order valence-corrected chi connectivity index (χ4v) is 2.02. The number of anilines is 1. The van der Waals surface area contributed by atoms with Gasteiger partial charge >= 0.3 is 0 Å². The van der Waals surface area contributed by atoms with Gasteiger partial charge in [0.1, 0.15) is 0 Å². The van der Waals surface area contributed by atoms with Gasteiger partial charge in [0.2, 0.25) is 0 Å². The molecule has 0 aliphatic carbocycles. The molecule has 0 spiro atoms. The fourth-order valence-electron chi connectivity index (χ4n) is 2.02. The van der Waals surface area contributed by atoms with Crippen LogP contribution in [0.1, 0.15) is 13.3 Å². The number of rotatable bonds is 1. The lowest BCUT2D eigenvalue weighted by Crippen LogP contribution is -2.37. The topological polar surface area (TPSA) is 15.3 Å². The molecule has 1 fully saturated rings. The molecule has 1 aromatic carbocycles. The largest absolute Gasteiger partial charge is 0.368 e. The first-order valence-corrected chi connectivity index (χ1v) is 5.40. The van der Waals surface area contributed by atoms with Gasteiger partial charge in [0.05, 0.1) is 0 Å². The van der Waals surface area contributed by atoms with Crippen molar-refractivity contribution >= 4 is 5.69 Å². The zero-order chi connectivity index (χ0) is 9.80. The Morgan fingerprint density at radius 3 is 2.86 bits per heavy atom. The number of nitrogens with zero attached hydrogens (tertiary/aromatic N) is 1. The van der Waals surface area contributed by atoms with Crippen LogP contribution in [0.5, 0.6) is 0 Å². The van der Waals surface area contributed by atoms with Gasteiger partial charge < -0.3 is 10.2 Å². The lowest BCUT2D eigenvalue weighted by molar-refractivity contribution is 0.630. The monoisotopic (exact) mass is 190 g/mol. The Hall–Kier alpha value is -1.02. The average Bonchev–Trinajstić information content (AvgIpc) is 2.44. The van der Waals surface area contributed by atoms with Crippen LogP contribution in [0, 0.1) is 0 Å². The van der Waals surface area contributed by atoms with Crippen LogP contribution in [0.25, 0.3) is 0 Å². The zero-order valence-corrected chi connectivity index (χ0v) is 8.74. The molecule has 76 valence electrons. The fraction of sp³-hybridized carbons (Fsp3) is 0.500. The molecule has 0 bridgehead atoms. The normalized spacial score (nSPS) is 23.2. The third-order valence-electron chi connectivity index (χ3n) is 2.81. The van der Waals surface area contributed by atoms with E-state index in [1.54, 1.807) is 0 Å². The van der Waals surface area contributed by atoms with Crippen LogP contribution in [0.4, 0.5) is 5.69 Å². The van der Waals surface area contributed by atoms with Crippen molar-refractivity contribution in [2.75, 3.05) is 24.5 Å². The first-order chi connectivity index (χ1) is 6.88. The van der Waals surface area contributed by atoms with Crippen molar-refractivity contribution < 1.29 is 0 Å². The van der Waals surface area contributed by atoms with Gasteiger partial charge in [0.15, 0.2) is 0 Å². The molecule has 1 N–H and O–H groups in total. The van der Waals surface area contributed by atoms with Gasteiger partial charge in [-0.3, -0.25) is 0 Å². The highest BCUT2D eigenvalue weighted by molar-refractivity contribution is 5.47. The summed E-state index contributed by atoms with van der Waals surface area (Å²) in [5, 5.41) is 3.46. The maximum atomic E-state index is 3.46. The van der Waals surface area contributed by atoms with Crippen molar-refractivity contribution in [3.05, 3.63) is 30.3 Å². The van der Waals surface area contributed by atoms with Crippen molar-refractivity contribution in [2.24, 2.45) is 0 Å². The molecule has 1 heterocycles. The molecular weight excluding hydrogens is 172 g/mol. The van der Waals surface area contributed by atoms with Crippen molar-refractivity contribution in [2.45, 2.75) is 19.4 Å². The van der Waals surface area contributed by atoms with E-state index in [-0.39, 0.29) is 0 Å². The summed E-state index contributed by atoms with van der Waals surface area (Å²) in [5.74, 6) is 0. The van der Waals surface area contributed by atoms with Crippen LogP contribution in [0.3, 0.4) is 0 Å². The molecule has 1 unspecified atom stereocenters. The maximum Gasteiger partial charge on any atom is 0.0386 e. The number of benzene rings is 1. The molecule has 1 aromatic rings. The minimum Gasteiger partial charge on any atom is -0.368 e. The summed E-state index contributed by atoms with van der Waals surface area (Å²) in [6, 6.07) is 11.3. The quantitative estimate of drug-likeness (QED) is 0.727. The van der Waals surface area contributed by atoms with Crippen LogP contribution in [-0.4, -0.2) is 25.7 Å². The smallest absolute Gasteiger partial charge is 0.0386 e. The van der Waals surface area contributed by atoms with E-state index < -0.39 is 0 Å². The number of hydrogen-bond donors (Lipinski definition) is 1. The van der Waals surface area contributed by atoms with Gasteiger partial charge in [-0.15, -0.1) is 0 Å². The van der Waals surface area contributed by atoms with Crippen LogP contribution < -0.4 is 10.2 Å². The molecule has 14 heavy (non-hydrogen) atoms. The van der Waals surface area contributed by atoms with E-state index >= 15 is 0 Å². The van der Waals surface area contributed by atoms with Crippen molar-refractivity contribution in [1.29, 1.82) is 0 Å². The summed E-state index contributed by atoms with van der Waals surface area (Å²) in [5.41, 5.74) is 1.35. The third-order valence-corrected chi connectivity index (χ3v) is 2.81. The third kappa shape index (κ3) is 2.07. The highest BCUT2D eigenvalue weighted by Gasteiger charge is 2.15. The summed E-state index contributed by atoms with van der Waals surface area (Å²) < 4.78 is 0. The first kappa shape index (κ1) is 9.53. The lowest BCUT2D eigenvalue weighted by atomic mass is 10.2. The Balaban J connectivity index is 2.15. The predicted octanol–water partition coefficient (Wildman–Crippen LogP) is 1.87. The van der Waals surface area contributed by atoms with Gasteiger partial charge in [0, 0.05) is 24.8 Å². The molecule has 1 aliphatic heterocycles. The first-order valence-electron chi connectivity index (χ1n) is 5.40. The molecule has 0 radical (unpaired) electrons. The van der Waals surface area contributed by atoms with Gasteiger partial charge in [-0.2, -0.15) is 0 Å². The maximum absolute atomic E-state index is 3.46. The highest BCUT2D eigenvalue weighted by Crippen LogP contribution is 2.17. The Morgan fingerprint density at radius 2 is 2.07 bits per heavy atom. The van der Waals surface area contributed by atoms with E-state index in [0.717, 1.165) is 19.6 Å². The predicted molar refractivity (Wildman–Crippen MR) is 60.7 cm³/mol. The molecular formula is C12H18N2. The van der Waals surface area contributed by atoms with Crippen LogP contribution >= 0.6 is 0 Å². The Labute approximate surface area is 85.9 Å². The SMILES string of the molecule is CC1CNCCCN1c1ccccc1. The van der Waals surface area contributed by atoms with Crippen molar-refractivity contribution in [3.8, 4) is 0 Å². The van der Waals surface area contributed by atoms with Gasteiger partial charge in [-0.25, -0.2) is 0 Å². The van der Waals surface area contributed by atoms with Crippen LogP contribution in [0.2, 0.25) is 0 Å². The molecule has 1 atom stereocenters. The molecule has 2 nitrogen and oxygen atoms in total. The van der Waals surface area contributed by atoms with E-state index in [0.29, 0.717) is 6.04 Å². The number of para-hydroxylation sites is 1. The van der Waals surface area contributed by atoms with Crippen LogP contribution in [0.15, 0.2) is 30.3 Å². The van der Waals surface area contributed by atoms with E-state index in [2.05, 4.69) is 47.5 Å².